The molecule has 2 nitrogen and oxygen atoms in total. The maximum absolute atomic E-state index is 3.69. The summed E-state index contributed by atoms with van der Waals surface area (Å²) in [6, 6.07) is 7.18. The second-order valence-electron chi connectivity index (χ2n) is 5.56. The second kappa shape index (κ2) is 6.07. The Morgan fingerprint density at radius 3 is 2.89 bits per heavy atom. The van der Waals surface area contributed by atoms with Crippen molar-refractivity contribution in [2.24, 2.45) is 5.92 Å². The summed E-state index contributed by atoms with van der Waals surface area (Å²) in [5.41, 5.74) is 2.66. The van der Waals surface area contributed by atoms with Crippen LogP contribution < -0.4 is 10.2 Å². The minimum absolute atomic E-state index is 0.583. The van der Waals surface area contributed by atoms with Crippen molar-refractivity contribution in [3.8, 4) is 0 Å². The molecule has 1 atom stereocenters. The minimum atomic E-state index is 0.583. The van der Waals surface area contributed by atoms with Crippen LogP contribution in [0.4, 0.5) is 5.69 Å². The van der Waals surface area contributed by atoms with E-state index < -0.39 is 0 Å². The number of halogens is 1. The Hall–Kier alpha value is -0.540. The van der Waals surface area contributed by atoms with Gasteiger partial charge in [-0.25, -0.2) is 0 Å². The molecule has 1 aromatic rings. The zero-order valence-corrected chi connectivity index (χ0v) is 13.1. The van der Waals surface area contributed by atoms with Gasteiger partial charge in [0.2, 0.25) is 0 Å². The molecule has 2 rings (SSSR count). The average molecular weight is 311 g/mol. The molecule has 1 unspecified atom stereocenters. The predicted octanol–water partition coefficient (Wildman–Crippen LogP) is 3.58. The van der Waals surface area contributed by atoms with Gasteiger partial charge in [-0.05, 0) is 59.4 Å². The van der Waals surface area contributed by atoms with E-state index in [2.05, 4.69) is 65.1 Å². The molecule has 100 valence electrons. The summed E-state index contributed by atoms with van der Waals surface area (Å²) in [5, 5.41) is 3.66. The van der Waals surface area contributed by atoms with E-state index in [4.69, 9.17) is 0 Å². The van der Waals surface area contributed by atoms with Crippen LogP contribution >= 0.6 is 15.9 Å². The lowest BCUT2D eigenvalue weighted by atomic mass is 10.0. The first kappa shape index (κ1) is 13.9. The molecule has 0 amide bonds. The van der Waals surface area contributed by atoms with Crippen molar-refractivity contribution in [2.75, 3.05) is 24.5 Å². The summed E-state index contributed by atoms with van der Waals surface area (Å²) in [4.78, 5) is 2.52. The maximum atomic E-state index is 3.69. The third kappa shape index (κ3) is 3.27. The van der Waals surface area contributed by atoms with Crippen molar-refractivity contribution >= 4 is 21.6 Å². The highest BCUT2D eigenvalue weighted by molar-refractivity contribution is 9.10. The first-order valence-electron chi connectivity index (χ1n) is 6.82. The van der Waals surface area contributed by atoms with Gasteiger partial charge in [-0.2, -0.15) is 0 Å². The van der Waals surface area contributed by atoms with Gasteiger partial charge in [0.15, 0.2) is 0 Å². The highest BCUT2D eigenvalue weighted by atomic mass is 79.9. The molecule has 1 N–H and O–H groups in total. The summed E-state index contributed by atoms with van der Waals surface area (Å²) in [5.74, 6) is 0.675. The normalized spacial score (nSPS) is 21.2. The van der Waals surface area contributed by atoms with Crippen LogP contribution in [0.5, 0.6) is 0 Å². The molecule has 0 bridgehead atoms. The van der Waals surface area contributed by atoms with Crippen molar-refractivity contribution < 1.29 is 0 Å². The Kier molecular flexibility index (Phi) is 4.68. The molecule has 0 spiro atoms. The Labute approximate surface area is 119 Å². The van der Waals surface area contributed by atoms with E-state index in [1.807, 2.05) is 0 Å². The highest BCUT2D eigenvalue weighted by Gasteiger charge is 2.21. The molecule has 18 heavy (non-hydrogen) atoms. The molecule has 1 aromatic carbocycles. The van der Waals surface area contributed by atoms with Crippen molar-refractivity contribution in [3.05, 3.63) is 28.2 Å². The van der Waals surface area contributed by atoms with Gasteiger partial charge in [-0.15, -0.1) is 0 Å². The summed E-state index contributed by atoms with van der Waals surface area (Å²) in [6.45, 7) is 10.1. The minimum Gasteiger partial charge on any atom is -0.369 e. The fourth-order valence-electron chi connectivity index (χ4n) is 2.48. The number of benzene rings is 1. The summed E-state index contributed by atoms with van der Waals surface area (Å²) < 4.78 is 1.21. The summed E-state index contributed by atoms with van der Waals surface area (Å²) in [6.07, 6.45) is 1.21. The van der Waals surface area contributed by atoms with Crippen molar-refractivity contribution in [1.82, 2.24) is 5.32 Å². The number of hydrogen-bond donors (Lipinski definition) is 1. The predicted molar refractivity (Wildman–Crippen MR) is 82.3 cm³/mol. The van der Waals surface area contributed by atoms with E-state index in [1.165, 1.54) is 22.1 Å². The molecule has 1 heterocycles. The number of nitrogens with one attached hydrogen (secondary N) is 1. The highest BCUT2D eigenvalue weighted by Crippen LogP contribution is 2.28. The number of aryl methyl sites for hydroxylation is 1. The Morgan fingerprint density at radius 1 is 1.39 bits per heavy atom. The molecule has 1 aliphatic rings. The van der Waals surface area contributed by atoms with E-state index in [9.17, 15) is 0 Å². The smallest absolute Gasteiger partial charge is 0.0513 e. The second-order valence-corrected chi connectivity index (χ2v) is 6.41. The van der Waals surface area contributed by atoms with Gasteiger partial charge in [-0.3, -0.25) is 0 Å². The van der Waals surface area contributed by atoms with E-state index in [0.717, 1.165) is 19.6 Å². The van der Waals surface area contributed by atoms with Crippen LogP contribution in [0.1, 0.15) is 25.8 Å². The fraction of sp³-hybridized carbons (Fsp3) is 0.600. The van der Waals surface area contributed by atoms with Gasteiger partial charge in [0.25, 0.3) is 0 Å². The van der Waals surface area contributed by atoms with Gasteiger partial charge in [-0.1, -0.05) is 19.9 Å². The zero-order valence-electron chi connectivity index (χ0n) is 11.5. The number of nitrogens with zero attached hydrogens (tertiary/aromatic N) is 1. The molecule has 3 heteroatoms. The van der Waals surface area contributed by atoms with Gasteiger partial charge in [0, 0.05) is 23.6 Å². The molecular formula is C15H23BrN2. The number of hydrogen-bond acceptors (Lipinski definition) is 2. The quantitative estimate of drug-likeness (QED) is 0.898. The fourth-order valence-corrected chi connectivity index (χ4v) is 2.98. The third-order valence-corrected chi connectivity index (χ3v) is 4.35. The first-order valence-corrected chi connectivity index (χ1v) is 7.61. The lowest BCUT2D eigenvalue weighted by molar-refractivity contribution is 0.420. The Balaban J connectivity index is 2.22. The number of anilines is 1. The van der Waals surface area contributed by atoms with Gasteiger partial charge >= 0.3 is 0 Å². The molecule has 1 aliphatic heterocycles. The van der Waals surface area contributed by atoms with Crippen LogP contribution in [0.25, 0.3) is 0 Å². The molecule has 0 radical (unpaired) electrons. The molecular weight excluding hydrogens is 288 g/mol. The van der Waals surface area contributed by atoms with Crippen molar-refractivity contribution in [3.63, 3.8) is 0 Å². The molecule has 1 saturated heterocycles. The van der Waals surface area contributed by atoms with Crippen LogP contribution in [0.15, 0.2) is 22.7 Å². The molecule has 1 fully saturated rings. The van der Waals surface area contributed by atoms with Gasteiger partial charge in [0.05, 0.1) is 5.69 Å². The molecule has 0 aliphatic carbocycles. The van der Waals surface area contributed by atoms with Gasteiger partial charge in [0.1, 0.15) is 0 Å². The van der Waals surface area contributed by atoms with Gasteiger partial charge < -0.3 is 10.2 Å². The largest absolute Gasteiger partial charge is 0.369 e. The van der Waals surface area contributed by atoms with Crippen LogP contribution in [0.2, 0.25) is 0 Å². The van der Waals surface area contributed by atoms with Crippen LogP contribution in [-0.4, -0.2) is 25.7 Å². The van der Waals surface area contributed by atoms with Crippen molar-refractivity contribution in [2.45, 2.75) is 33.2 Å². The van der Waals surface area contributed by atoms with Crippen LogP contribution in [-0.2, 0) is 0 Å². The summed E-state index contributed by atoms with van der Waals surface area (Å²) >= 11 is 3.69. The zero-order chi connectivity index (χ0) is 13.1. The van der Waals surface area contributed by atoms with E-state index in [0.29, 0.717) is 12.0 Å². The lowest BCUT2D eigenvalue weighted by Gasteiger charge is -2.29. The Bertz CT molecular complexity index is 403. The first-order chi connectivity index (χ1) is 8.58. The van der Waals surface area contributed by atoms with E-state index in [-0.39, 0.29) is 0 Å². The average Bonchev–Trinajstić information content (AvgIpc) is 2.58. The number of rotatable bonds is 2. The monoisotopic (exact) mass is 310 g/mol. The van der Waals surface area contributed by atoms with Crippen molar-refractivity contribution in [1.29, 1.82) is 0 Å². The topological polar surface area (TPSA) is 15.3 Å². The van der Waals surface area contributed by atoms with E-state index >= 15 is 0 Å². The maximum Gasteiger partial charge on any atom is 0.0513 e. The third-order valence-electron chi connectivity index (χ3n) is 3.68. The van der Waals surface area contributed by atoms with E-state index in [1.54, 1.807) is 0 Å². The molecule has 0 saturated carbocycles. The van der Waals surface area contributed by atoms with Crippen LogP contribution in [0, 0.1) is 12.8 Å². The lowest BCUT2D eigenvalue weighted by Crippen LogP contribution is -2.41. The molecule has 0 aromatic heterocycles. The summed E-state index contributed by atoms with van der Waals surface area (Å²) in [7, 11) is 0. The van der Waals surface area contributed by atoms with Crippen LogP contribution in [0.3, 0.4) is 0 Å². The Morgan fingerprint density at radius 2 is 2.17 bits per heavy atom. The SMILES string of the molecule is Cc1ccc(Br)c(N2CCCNC(C(C)C)C2)c1. The standard InChI is InChI=1S/C15H23BrN2/c1-11(2)14-10-18(8-4-7-17-14)15-9-12(3)5-6-13(15)16/h5-6,9,11,14,17H,4,7-8,10H2,1-3H3.